The lowest BCUT2D eigenvalue weighted by molar-refractivity contribution is -0.137. The maximum absolute atomic E-state index is 11.5. The molecule has 0 bridgehead atoms. The van der Waals surface area contributed by atoms with Gasteiger partial charge in [-0.25, -0.2) is 4.79 Å². The van der Waals surface area contributed by atoms with Crippen LogP contribution in [0.2, 0.25) is 10.0 Å². The van der Waals surface area contributed by atoms with Crippen LogP contribution in [0.25, 0.3) is 0 Å². The molecular weight excluding hydrogens is 251 g/mol. The normalized spacial score (nSPS) is 9.94. The third kappa shape index (κ3) is 3.51. The van der Waals surface area contributed by atoms with Gasteiger partial charge in [0, 0.05) is 11.4 Å². The molecule has 0 unspecified atom stereocenters. The smallest absolute Gasteiger partial charge is 0.347 e. The number of benzene rings is 1. The van der Waals surface area contributed by atoms with Gasteiger partial charge in [-0.2, -0.15) is 0 Å². The van der Waals surface area contributed by atoms with Gasteiger partial charge < -0.3 is 4.74 Å². The monoisotopic (exact) mass is 260 g/mol. The molecule has 1 aromatic rings. The van der Waals surface area contributed by atoms with Crippen LogP contribution < -0.4 is 0 Å². The van der Waals surface area contributed by atoms with Crippen LogP contribution in [-0.4, -0.2) is 11.9 Å². The van der Waals surface area contributed by atoms with Crippen LogP contribution >= 0.6 is 23.2 Å². The van der Waals surface area contributed by atoms with E-state index in [9.17, 15) is 9.59 Å². The summed E-state index contributed by atoms with van der Waals surface area (Å²) in [5, 5.41) is 0.586. The van der Waals surface area contributed by atoms with Crippen molar-refractivity contribution in [2.45, 2.75) is 19.8 Å². The van der Waals surface area contributed by atoms with Gasteiger partial charge in [0.15, 0.2) is 0 Å². The minimum absolute atomic E-state index is 0.135. The van der Waals surface area contributed by atoms with Crippen LogP contribution in [0.5, 0.6) is 0 Å². The average Bonchev–Trinajstić information content (AvgIpc) is 2.17. The van der Waals surface area contributed by atoms with E-state index in [1.807, 2.05) is 6.92 Å². The number of hydrogen-bond donors (Lipinski definition) is 0. The summed E-state index contributed by atoms with van der Waals surface area (Å²) >= 11 is 11.5. The number of hydrogen-bond acceptors (Lipinski definition) is 3. The fraction of sp³-hybridized carbons (Fsp3) is 0.273. The lowest BCUT2D eigenvalue weighted by Gasteiger charge is -2.04. The van der Waals surface area contributed by atoms with Crippen molar-refractivity contribution in [2.24, 2.45) is 0 Å². The zero-order chi connectivity index (χ0) is 12.1. The third-order valence-electron chi connectivity index (χ3n) is 1.81. The molecule has 0 amide bonds. The first-order valence-corrected chi connectivity index (χ1v) is 5.50. The zero-order valence-electron chi connectivity index (χ0n) is 8.63. The molecule has 0 N–H and O–H groups in total. The van der Waals surface area contributed by atoms with Gasteiger partial charge in [-0.1, -0.05) is 30.1 Å². The highest BCUT2D eigenvalue weighted by atomic mass is 35.5. The van der Waals surface area contributed by atoms with E-state index >= 15 is 0 Å². The van der Waals surface area contributed by atoms with Gasteiger partial charge >= 0.3 is 11.9 Å². The fourth-order valence-corrected chi connectivity index (χ4v) is 1.55. The Morgan fingerprint density at radius 3 is 2.56 bits per heavy atom. The van der Waals surface area contributed by atoms with Crippen molar-refractivity contribution in [3.05, 3.63) is 33.8 Å². The van der Waals surface area contributed by atoms with E-state index in [-0.39, 0.29) is 17.0 Å². The summed E-state index contributed by atoms with van der Waals surface area (Å²) in [4.78, 5) is 22.6. The molecule has 0 aliphatic heterocycles. The van der Waals surface area contributed by atoms with Crippen molar-refractivity contribution >= 4 is 35.1 Å². The van der Waals surface area contributed by atoms with Crippen molar-refractivity contribution in [3.8, 4) is 0 Å². The predicted molar refractivity (Wildman–Crippen MR) is 61.8 cm³/mol. The molecule has 0 spiro atoms. The number of rotatable bonds is 3. The molecule has 3 nitrogen and oxygen atoms in total. The highest BCUT2D eigenvalue weighted by Crippen LogP contribution is 2.21. The molecule has 0 radical (unpaired) electrons. The molecule has 1 aromatic carbocycles. The van der Waals surface area contributed by atoms with E-state index in [0.29, 0.717) is 11.4 Å². The minimum Gasteiger partial charge on any atom is -0.389 e. The summed E-state index contributed by atoms with van der Waals surface area (Å²) in [5.74, 6) is -1.31. The average molecular weight is 261 g/mol. The summed E-state index contributed by atoms with van der Waals surface area (Å²) in [6.45, 7) is 1.82. The molecule has 0 saturated heterocycles. The van der Waals surface area contributed by atoms with Crippen molar-refractivity contribution in [3.63, 3.8) is 0 Å². The van der Waals surface area contributed by atoms with Crippen molar-refractivity contribution < 1.29 is 14.3 Å². The maximum atomic E-state index is 11.5. The Hall–Kier alpha value is -1.06. The molecule has 0 aliphatic carbocycles. The van der Waals surface area contributed by atoms with Gasteiger partial charge in [0.05, 0.1) is 10.6 Å². The lowest BCUT2D eigenvalue weighted by atomic mass is 10.2. The second kappa shape index (κ2) is 5.87. The van der Waals surface area contributed by atoms with Crippen LogP contribution in [0.15, 0.2) is 18.2 Å². The van der Waals surface area contributed by atoms with E-state index in [2.05, 4.69) is 4.74 Å². The van der Waals surface area contributed by atoms with Crippen molar-refractivity contribution in [1.82, 2.24) is 0 Å². The van der Waals surface area contributed by atoms with Crippen LogP contribution in [-0.2, 0) is 9.53 Å². The van der Waals surface area contributed by atoms with Crippen LogP contribution in [0.3, 0.4) is 0 Å². The molecule has 0 saturated carbocycles. The molecule has 5 heteroatoms. The third-order valence-corrected chi connectivity index (χ3v) is 2.36. The highest BCUT2D eigenvalue weighted by Gasteiger charge is 2.15. The second-order valence-electron chi connectivity index (χ2n) is 3.14. The zero-order valence-corrected chi connectivity index (χ0v) is 10.1. The summed E-state index contributed by atoms with van der Waals surface area (Å²) in [5.41, 5.74) is 0.135. The van der Waals surface area contributed by atoms with Gasteiger partial charge in [-0.3, -0.25) is 4.79 Å². The molecule has 16 heavy (non-hydrogen) atoms. The maximum Gasteiger partial charge on any atom is 0.347 e. The summed E-state index contributed by atoms with van der Waals surface area (Å²) in [6, 6.07) is 4.35. The highest BCUT2D eigenvalue weighted by molar-refractivity contribution is 6.36. The Balaban J connectivity index is 2.77. The number of esters is 2. The van der Waals surface area contributed by atoms with Crippen LogP contribution in [0.4, 0.5) is 0 Å². The molecule has 1 rings (SSSR count). The SMILES string of the molecule is CCCC(=O)OC(=O)c1ccc(Cl)cc1Cl. The lowest BCUT2D eigenvalue weighted by Crippen LogP contribution is -2.12. The number of halogens is 2. The van der Waals surface area contributed by atoms with Gasteiger partial charge in [-0.05, 0) is 24.6 Å². The molecule has 0 aliphatic rings. The summed E-state index contributed by atoms with van der Waals surface area (Å²) in [7, 11) is 0. The number of ether oxygens (including phenoxy) is 1. The van der Waals surface area contributed by atoms with Crippen LogP contribution in [0, 0.1) is 0 Å². The Labute approximate surface area is 103 Å². The summed E-state index contributed by atoms with van der Waals surface area (Å²) in [6.07, 6.45) is 0.831. The van der Waals surface area contributed by atoms with E-state index in [4.69, 9.17) is 23.2 Å². The standard InChI is InChI=1S/C11H10Cl2O3/c1-2-3-10(14)16-11(15)8-5-4-7(12)6-9(8)13/h4-6H,2-3H2,1H3. The van der Waals surface area contributed by atoms with Crippen LogP contribution in [0.1, 0.15) is 30.1 Å². The molecule has 0 atom stereocenters. The van der Waals surface area contributed by atoms with Gasteiger partial charge in [-0.15, -0.1) is 0 Å². The van der Waals surface area contributed by atoms with E-state index < -0.39 is 11.9 Å². The van der Waals surface area contributed by atoms with E-state index in [1.54, 1.807) is 0 Å². The van der Waals surface area contributed by atoms with E-state index in [0.717, 1.165) is 0 Å². The summed E-state index contributed by atoms with van der Waals surface area (Å²) < 4.78 is 4.59. The quantitative estimate of drug-likeness (QED) is 0.618. The Bertz CT molecular complexity index is 416. The first-order chi connectivity index (χ1) is 7.54. The molecular formula is C11H10Cl2O3. The second-order valence-corrected chi connectivity index (χ2v) is 3.98. The molecule has 86 valence electrons. The van der Waals surface area contributed by atoms with Crippen molar-refractivity contribution in [2.75, 3.05) is 0 Å². The Kier molecular flexibility index (Phi) is 4.77. The topological polar surface area (TPSA) is 43.4 Å². The van der Waals surface area contributed by atoms with Gasteiger partial charge in [0.2, 0.25) is 0 Å². The first-order valence-electron chi connectivity index (χ1n) is 4.74. The van der Waals surface area contributed by atoms with E-state index in [1.165, 1.54) is 18.2 Å². The van der Waals surface area contributed by atoms with Gasteiger partial charge in [0.1, 0.15) is 0 Å². The Morgan fingerprint density at radius 1 is 1.31 bits per heavy atom. The predicted octanol–water partition coefficient (Wildman–Crippen LogP) is 3.48. The Morgan fingerprint density at radius 2 is 2.00 bits per heavy atom. The number of carbonyl (C=O) groups is 2. The van der Waals surface area contributed by atoms with Gasteiger partial charge in [0.25, 0.3) is 0 Å². The molecule has 0 fully saturated rings. The van der Waals surface area contributed by atoms with Crippen molar-refractivity contribution in [1.29, 1.82) is 0 Å². The molecule has 0 aromatic heterocycles. The molecule has 0 heterocycles. The first kappa shape index (κ1) is 13.0. The fourth-order valence-electron chi connectivity index (χ4n) is 1.07. The number of carbonyl (C=O) groups excluding carboxylic acids is 2. The largest absolute Gasteiger partial charge is 0.389 e. The minimum atomic E-state index is -0.750.